The second kappa shape index (κ2) is 7.89. The van der Waals surface area contributed by atoms with Gasteiger partial charge in [-0.25, -0.2) is 9.97 Å². The van der Waals surface area contributed by atoms with Gasteiger partial charge in [0.2, 0.25) is 5.95 Å². The molecule has 1 aliphatic heterocycles. The number of hydrogen-bond acceptors (Lipinski definition) is 5. The summed E-state index contributed by atoms with van der Waals surface area (Å²) < 4.78 is 2.07. The fraction of sp³-hybridized carbons (Fsp3) is 0.391. The molecule has 0 bridgehead atoms. The number of aromatic nitrogens is 4. The largest absolute Gasteiger partial charge is 0.343 e. The average molecular weight is 403 g/mol. The van der Waals surface area contributed by atoms with Gasteiger partial charge in [-0.05, 0) is 56.7 Å². The zero-order valence-electron chi connectivity index (χ0n) is 17.2. The van der Waals surface area contributed by atoms with E-state index < -0.39 is 0 Å². The number of anilines is 2. The van der Waals surface area contributed by atoms with E-state index in [0.29, 0.717) is 17.3 Å². The molecule has 3 aromatic rings. The lowest BCUT2D eigenvalue weighted by Gasteiger charge is -2.14. The third kappa shape index (κ3) is 4.06. The molecule has 2 fully saturated rings. The minimum Gasteiger partial charge on any atom is -0.343 e. The Morgan fingerprint density at radius 2 is 1.83 bits per heavy atom. The maximum absolute atomic E-state index is 13.0. The van der Waals surface area contributed by atoms with E-state index in [2.05, 4.69) is 35.9 Å². The third-order valence-corrected chi connectivity index (χ3v) is 5.81. The van der Waals surface area contributed by atoms with Gasteiger partial charge in [0.25, 0.3) is 5.91 Å². The Balaban J connectivity index is 1.39. The van der Waals surface area contributed by atoms with E-state index in [9.17, 15) is 4.79 Å². The van der Waals surface area contributed by atoms with Crippen LogP contribution in [0.3, 0.4) is 0 Å². The molecule has 0 radical (unpaired) electrons. The number of rotatable bonds is 6. The first kappa shape index (κ1) is 18.8. The zero-order chi connectivity index (χ0) is 20.5. The molecule has 1 N–H and O–H groups in total. The van der Waals surface area contributed by atoms with E-state index in [4.69, 9.17) is 0 Å². The van der Waals surface area contributed by atoms with Gasteiger partial charge in [-0.15, -0.1) is 0 Å². The normalized spacial score (nSPS) is 16.1. The Kier molecular flexibility index (Phi) is 4.94. The highest BCUT2D eigenvalue weighted by Crippen LogP contribution is 2.33. The SMILES string of the molecule is Cc1ccc(NC(=O)c2cc(-c3cnc(N4CCCC4)nc3)cn2CC2CC2)cn1. The number of amides is 1. The highest BCUT2D eigenvalue weighted by atomic mass is 16.1. The van der Waals surface area contributed by atoms with Crippen LogP contribution in [-0.2, 0) is 6.54 Å². The van der Waals surface area contributed by atoms with Crippen LogP contribution < -0.4 is 10.2 Å². The maximum atomic E-state index is 13.0. The van der Waals surface area contributed by atoms with Crippen molar-refractivity contribution in [1.29, 1.82) is 0 Å². The Morgan fingerprint density at radius 3 is 2.50 bits per heavy atom. The Hall–Kier alpha value is -3.22. The maximum Gasteiger partial charge on any atom is 0.272 e. The molecule has 7 nitrogen and oxygen atoms in total. The van der Waals surface area contributed by atoms with Crippen molar-refractivity contribution in [3.8, 4) is 11.1 Å². The number of carbonyl (C=O) groups is 1. The average Bonchev–Trinajstić information content (AvgIpc) is 3.24. The van der Waals surface area contributed by atoms with Crippen LogP contribution >= 0.6 is 0 Å². The van der Waals surface area contributed by atoms with Crippen molar-refractivity contribution < 1.29 is 4.79 Å². The molecule has 2 aliphatic rings. The van der Waals surface area contributed by atoms with Crippen molar-refractivity contribution in [2.24, 2.45) is 5.92 Å². The van der Waals surface area contributed by atoms with Gasteiger partial charge in [-0.3, -0.25) is 9.78 Å². The molecule has 5 rings (SSSR count). The van der Waals surface area contributed by atoms with Crippen molar-refractivity contribution in [1.82, 2.24) is 19.5 Å². The quantitative estimate of drug-likeness (QED) is 0.676. The summed E-state index contributed by atoms with van der Waals surface area (Å²) in [6.45, 7) is 4.84. The summed E-state index contributed by atoms with van der Waals surface area (Å²) in [5.74, 6) is 1.33. The molecule has 0 unspecified atom stereocenters. The summed E-state index contributed by atoms with van der Waals surface area (Å²) in [7, 11) is 0. The first-order valence-electron chi connectivity index (χ1n) is 10.7. The fourth-order valence-electron chi connectivity index (χ4n) is 3.88. The van der Waals surface area contributed by atoms with Gasteiger partial charge in [0.1, 0.15) is 5.69 Å². The van der Waals surface area contributed by atoms with Gasteiger partial charge < -0.3 is 14.8 Å². The van der Waals surface area contributed by atoms with Gasteiger partial charge in [0.05, 0.1) is 11.9 Å². The molecule has 1 aliphatic carbocycles. The predicted molar refractivity (Wildman–Crippen MR) is 117 cm³/mol. The predicted octanol–water partition coefficient (Wildman–Crippen LogP) is 3.91. The van der Waals surface area contributed by atoms with Crippen LogP contribution in [0.15, 0.2) is 43.0 Å². The molecule has 4 heterocycles. The van der Waals surface area contributed by atoms with Crippen LogP contribution in [0.2, 0.25) is 0 Å². The number of carbonyl (C=O) groups excluding carboxylic acids is 1. The number of nitrogens with one attached hydrogen (secondary N) is 1. The first-order valence-corrected chi connectivity index (χ1v) is 10.7. The molecule has 154 valence electrons. The Morgan fingerprint density at radius 1 is 1.07 bits per heavy atom. The molecule has 1 saturated carbocycles. The monoisotopic (exact) mass is 402 g/mol. The number of hydrogen-bond donors (Lipinski definition) is 1. The van der Waals surface area contributed by atoms with E-state index in [1.165, 1.54) is 25.7 Å². The Bertz CT molecular complexity index is 1030. The number of aryl methyl sites for hydroxylation is 1. The highest BCUT2D eigenvalue weighted by Gasteiger charge is 2.25. The minimum atomic E-state index is -0.123. The van der Waals surface area contributed by atoms with Crippen LogP contribution in [0.4, 0.5) is 11.6 Å². The Labute approximate surface area is 176 Å². The summed E-state index contributed by atoms with van der Waals surface area (Å²) in [6.07, 6.45) is 12.3. The summed E-state index contributed by atoms with van der Waals surface area (Å²) in [5.41, 5.74) is 4.17. The topological polar surface area (TPSA) is 75.9 Å². The molecule has 30 heavy (non-hydrogen) atoms. The smallest absolute Gasteiger partial charge is 0.272 e. The van der Waals surface area contributed by atoms with Crippen LogP contribution in [0.1, 0.15) is 41.9 Å². The highest BCUT2D eigenvalue weighted by molar-refractivity contribution is 6.04. The minimum absolute atomic E-state index is 0.123. The van der Waals surface area contributed by atoms with Gasteiger partial charge >= 0.3 is 0 Å². The van der Waals surface area contributed by atoms with Gasteiger partial charge in [0.15, 0.2) is 0 Å². The van der Waals surface area contributed by atoms with E-state index in [1.807, 2.05) is 37.5 Å². The summed E-state index contributed by atoms with van der Waals surface area (Å²) >= 11 is 0. The second-order valence-corrected chi connectivity index (χ2v) is 8.32. The summed E-state index contributed by atoms with van der Waals surface area (Å²) in [5, 5.41) is 2.97. The molecule has 1 amide bonds. The van der Waals surface area contributed by atoms with E-state index >= 15 is 0 Å². The molecular formula is C23H26N6O. The van der Waals surface area contributed by atoms with Crippen molar-refractivity contribution in [2.75, 3.05) is 23.3 Å². The molecular weight excluding hydrogens is 376 g/mol. The molecule has 3 aromatic heterocycles. The molecule has 0 spiro atoms. The van der Waals surface area contributed by atoms with Crippen LogP contribution in [0.25, 0.3) is 11.1 Å². The fourth-order valence-corrected chi connectivity index (χ4v) is 3.88. The van der Waals surface area contributed by atoms with Crippen molar-refractivity contribution in [2.45, 2.75) is 39.2 Å². The molecule has 0 aromatic carbocycles. The number of nitrogens with zero attached hydrogens (tertiary/aromatic N) is 5. The molecule has 7 heteroatoms. The zero-order valence-corrected chi connectivity index (χ0v) is 17.2. The number of pyridine rings is 1. The lowest BCUT2D eigenvalue weighted by atomic mass is 10.2. The molecule has 1 saturated heterocycles. The van der Waals surface area contributed by atoms with Crippen molar-refractivity contribution in [3.05, 3.63) is 54.4 Å². The van der Waals surface area contributed by atoms with Gasteiger partial charge in [-0.1, -0.05) is 0 Å². The van der Waals surface area contributed by atoms with E-state index in [0.717, 1.165) is 42.4 Å². The second-order valence-electron chi connectivity index (χ2n) is 8.32. The van der Waals surface area contributed by atoms with Crippen LogP contribution in [0, 0.1) is 12.8 Å². The van der Waals surface area contributed by atoms with Crippen LogP contribution in [-0.4, -0.2) is 38.5 Å². The summed E-state index contributed by atoms with van der Waals surface area (Å²) in [6, 6.07) is 5.71. The first-order chi connectivity index (χ1) is 14.7. The van der Waals surface area contributed by atoms with Gasteiger partial charge in [-0.2, -0.15) is 0 Å². The lowest BCUT2D eigenvalue weighted by Crippen LogP contribution is -2.20. The lowest BCUT2D eigenvalue weighted by molar-refractivity contribution is 0.101. The van der Waals surface area contributed by atoms with Crippen molar-refractivity contribution in [3.63, 3.8) is 0 Å². The van der Waals surface area contributed by atoms with Crippen LogP contribution in [0.5, 0.6) is 0 Å². The standard InChI is InChI=1S/C23H26N6O/c1-16-4-7-20(13-24-16)27-22(30)21-10-18(15-29(21)14-17-5-6-17)19-11-25-23(26-12-19)28-8-2-3-9-28/h4,7,10-13,15,17H,2-3,5-6,8-9,14H2,1H3,(H,27,30). The molecule has 0 atom stereocenters. The van der Waals surface area contributed by atoms with E-state index in [-0.39, 0.29) is 5.91 Å². The van der Waals surface area contributed by atoms with E-state index in [1.54, 1.807) is 6.20 Å². The van der Waals surface area contributed by atoms with Gasteiger partial charge in [0, 0.05) is 55.0 Å². The summed E-state index contributed by atoms with van der Waals surface area (Å²) in [4.78, 5) is 28.6. The third-order valence-electron chi connectivity index (χ3n) is 5.81. The van der Waals surface area contributed by atoms with Crippen molar-refractivity contribution >= 4 is 17.5 Å².